The molecular weight excluding hydrogens is 362 g/mol. The zero-order chi connectivity index (χ0) is 19.8. The summed E-state index contributed by atoms with van der Waals surface area (Å²) in [6, 6.07) is 28.1. The fraction of sp³-hybridized carbons (Fsp3) is 0.240. The van der Waals surface area contributed by atoms with Gasteiger partial charge in [0.15, 0.2) is 11.5 Å². The number of fused-ring (bicyclic) bond motifs is 2. The van der Waals surface area contributed by atoms with Gasteiger partial charge in [-0.25, -0.2) is 0 Å². The van der Waals surface area contributed by atoms with Crippen LogP contribution < -0.4 is 9.64 Å². The van der Waals surface area contributed by atoms with E-state index < -0.39 is 11.8 Å². The molecule has 0 radical (unpaired) electrons. The van der Waals surface area contributed by atoms with Crippen molar-refractivity contribution in [2.45, 2.75) is 30.7 Å². The lowest BCUT2D eigenvalue weighted by molar-refractivity contribution is -0.147. The Morgan fingerprint density at radius 2 is 1.59 bits per heavy atom. The molecule has 3 atom stereocenters. The zero-order valence-corrected chi connectivity index (χ0v) is 16.3. The van der Waals surface area contributed by atoms with E-state index in [0.717, 1.165) is 22.6 Å². The van der Waals surface area contributed by atoms with Crippen molar-refractivity contribution < 1.29 is 14.3 Å². The van der Waals surface area contributed by atoms with Gasteiger partial charge in [-0.2, -0.15) is 0 Å². The zero-order valence-electron chi connectivity index (χ0n) is 16.3. The summed E-state index contributed by atoms with van der Waals surface area (Å²) in [7, 11) is 1.67. The lowest BCUT2D eigenvalue weighted by Crippen LogP contribution is -2.44. The molecule has 0 N–H and O–H groups in total. The minimum atomic E-state index is -0.688. The van der Waals surface area contributed by atoms with Crippen LogP contribution in [0.5, 0.6) is 5.75 Å². The van der Waals surface area contributed by atoms with Gasteiger partial charge in [0.2, 0.25) is 0 Å². The third-order valence-electron chi connectivity index (χ3n) is 6.02. The van der Waals surface area contributed by atoms with Gasteiger partial charge < -0.3 is 14.4 Å². The Bertz CT molecular complexity index is 1020. The molecule has 2 bridgehead atoms. The summed E-state index contributed by atoms with van der Waals surface area (Å²) in [5.41, 5.74) is 2.38. The fourth-order valence-electron chi connectivity index (χ4n) is 4.77. The lowest BCUT2D eigenvalue weighted by Gasteiger charge is -2.41. The number of methoxy groups -OCH3 is 1. The molecule has 2 saturated heterocycles. The second-order valence-corrected chi connectivity index (χ2v) is 7.55. The molecule has 5 rings (SSSR count). The Morgan fingerprint density at radius 1 is 0.931 bits per heavy atom. The molecule has 0 unspecified atom stereocenters. The average molecular weight is 385 g/mol. The number of anilines is 1. The van der Waals surface area contributed by atoms with Crippen LogP contribution in [0.25, 0.3) is 0 Å². The van der Waals surface area contributed by atoms with Gasteiger partial charge in [-0.3, -0.25) is 4.79 Å². The van der Waals surface area contributed by atoms with E-state index in [9.17, 15) is 4.79 Å². The predicted octanol–water partition coefficient (Wildman–Crippen LogP) is 4.86. The molecule has 2 fully saturated rings. The van der Waals surface area contributed by atoms with Crippen molar-refractivity contribution in [3.8, 4) is 5.75 Å². The molecule has 0 amide bonds. The summed E-state index contributed by atoms with van der Waals surface area (Å²) in [6.45, 7) is 0. The van der Waals surface area contributed by atoms with Crippen LogP contribution >= 0.6 is 0 Å². The van der Waals surface area contributed by atoms with Crippen LogP contribution in [-0.2, 0) is 15.3 Å². The van der Waals surface area contributed by atoms with Crippen LogP contribution in [0.15, 0.2) is 84.9 Å². The average Bonchev–Trinajstić information content (AvgIpc) is 3.09. The molecule has 29 heavy (non-hydrogen) atoms. The maximum Gasteiger partial charge on any atom is 0.169 e. The highest BCUT2D eigenvalue weighted by Crippen LogP contribution is 2.56. The predicted molar refractivity (Wildman–Crippen MR) is 112 cm³/mol. The summed E-state index contributed by atoms with van der Waals surface area (Å²) in [5.74, 6) is 0.913. The number of hydrogen-bond donors (Lipinski definition) is 0. The van der Waals surface area contributed by atoms with Crippen molar-refractivity contribution in [3.05, 3.63) is 96.1 Å². The van der Waals surface area contributed by atoms with Gasteiger partial charge in [-0.05, 0) is 18.2 Å². The van der Waals surface area contributed by atoms with Crippen molar-refractivity contribution in [1.29, 1.82) is 0 Å². The summed E-state index contributed by atoms with van der Waals surface area (Å²) in [4.78, 5) is 15.3. The molecule has 2 aliphatic rings. The molecule has 4 nitrogen and oxygen atoms in total. The van der Waals surface area contributed by atoms with Gasteiger partial charge in [0.25, 0.3) is 0 Å². The van der Waals surface area contributed by atoms with E-state index in [4.69, 9.17) is 9.47 Å². The van der Waals surface area contributed by atoms with E-state index in [1.807, 2.05) is 60.7 Å². The Kier molecular flexibility index (Phi) is 4.36. The van der Waals surface area contributed by atoms with Crippen LogP contribution in [-0.4, -0.2) is 19.0 Å². The number of ether oxygens (including phenoxy) is 2. The minimum Gasteiger partial charge on any atom is -0.496 e. The molecule has 146 valence electrons. The molecule has 2 aliphatic heterocycles. The van der Waals surface area contributed by atoms with Gasteiger partial charge in [0, 0.05) is 29.7 Å². The van der Waals surface area contributed by atoms with Gasteiger partial charge in [-0.1, -0.05) is 66.7 Å². The topological polar surface area (TPSA) is 38.8 Å². The molecule has 0 aliphatic carbocycles. The number of para-hydroxylation sites is 2. The first-order chi connectivity index (χ1) is 14.2. The van der Waals surface area contributed by atoms with Crippen molar-refractivity contribution in [1.82, 2.24) is 0 Å². The largest absolute Gasteiger partial charge is 0.496 e. The molecule has 4 heteroatoms. The van der Waals surface area contributed by atoms with Gasteiger partial charge in [0.1, 0.15) is 11.9 Å². The SMILES string of the molecule is COc1ccccc1[C@H]1[C@H]2O[C@](c3ccccc3)(CCC2=O)N1c1ccccc1. The Morgan fingerprint density at radius 3 is 2.31 bits per heavy atom. The van der Waals surface area contributed by atoms with Crippen LogP contribution in [0.1, 0.15) is 30.0 Å². The number of carbonyl (C=O) groups is 1. The Hall–Kier alpha value is -3.11. The van der Waals surface area contributed by atoms with E-state index in [-0.39, 0.29) is 11.8 Å². The van der Waals surface area contributed by atoms with E-state index in [1.54, 1.807) is 7.11 Å². The highest BCUT2D eigenvalue weighted by atomic mass is 16.6. The smallest absolute Gasteiger partial charge is 0.169 e. The van der Waals surface area contributed by atoms with E-state index in [1.165, 1.54) is 0 Å². The fourth-order valence-corrected chi connectivity index (χ4v) is 4.77. The summed E-state index contributed by atoms with van der Waals surface area (Å²) in [6.07, 6.45) is 0.571. The quantitative estimate of drug-likeness (QED) is 0.643. The van der Waals surface area contributed by atoms with Crippen molar-refractivity contribution in [3.63, 3.8) is 0 Å². The first-order valence-electron chi connectivity index (χ1n) is 9.98. The second kappa shape index (κ2) is 7.05. The van der Waals surface area contributed by atoms with E-state index >= 15 is 0 Å². The first kappa shape index (κ1) is 18.0. The number of benzene rings is 3. The van der Waals surface area contributed by atoms with Crippen LogP contribution in [0.3, 0.4) is 0 Å². The molecule has 0 saturated carbocycles. The third kappa shape index (κ3) is 2.75. The third-order valence-corrected chi connectivity index (χ3v) is 6.02. The normalized spacial score (nSPS) is 25.8. The van der Waals surface area contributed by atoms with Gasteiger partial charge >= 0.3 is 0 Å². The number of rotatable bonds is 4. The summed E-state index contributed by atoms with van der Waals surface area (Å²) in [5, 5.41) is 0. The molecule has 3 aromatic rings. The second-order valence-electron chi connectivity index (χ2n) is 7.55. The number of carbonyl (C=O) groups excluding carboxylic acids is 1. The first-order valence-corrected chi connectivity index (χ1v) is 9.98. The number of ketones is 1. The minimum absolute atomic E-state index is 0.144. The standard InChI is InChI=1S/C25H23NO3/c1-28-22-15-9-8-14-20(22)23-24-21(27)16-17-25(29-24,18-10-4-2-5-11-18)26(23)19-12-6-3-7-13-19/h2-15,23-24H,16-17H2,1H3/t23-,24-,25-/m0/s1. The lowest BCUT2D eigenvalue weighted by atomic mass is 9.93. The van der Waals surface area contributed by atoms with Crippen LogP contribution in [0.2, 0.25) is 0 Å². The molecule has 2 heterocycles. The Labute approximate surface area is 170 Å². The van der Waals surface area contributed by atoms with Gasteiger partial charge in [-0.15, -0.1) is 0 Å². The van der Waals surface area contributed by atoms with Crippen molar-refractivity contribution in [2.24, 2.45) is 0 Å². The number of hydrogen-bond acceptors (Lipinski definition) is 4. The van der Waals surface area contributed by atoms with Crippen molar-refractivity contribution in [2.75, 3.05) is 12.0 Å². The van der Waals surface area contributed by atoms with E-state index in [0.29, 0.717) is 12.8 Å². The maximum atomic E-state index is 13.0. The van der Waals surface area contributed by atoms with Crippen LogP contribution in [0.4, 0.5) is 5.69 Å². The number of Topliss-reactive ketones (excluding diaryl/α,β-unsaturated/α-hetero) is 1. The highest BCUT2D eigenvalue weighted by molar-refractivity contribution is 5.87. The Balaban J connectivity index is 1.76. The molecule has 0 aromatic heterocycles. The summed E-state index contributed by atoms with van der Waals surface area (Å²) >= 11 is 0. The van der Waals surface area contributed by atoms with Crippen LogP contribution in [0, 0.1) is 0 Å². The van der Waals surface area contributed by atoms with Crippen molar-refractivity contribution >= 4 is 11.5 Å². The van der Waals surface area contributed by atoms with E-state index in [2.05, 4.69) is 29.2 Å². The highest BCUT2D eigenvalue weighted by Gasteiger charge is 2.59. The molecular formula is C25H23NO3. The monoisotopic (exact) mass is 385 g/mol. The molecule has 0 spiro atoms. The summed E-state index contributed by atoms with van der Waals surface area (Å²) < 4.78 is 12.3. The van der Waals surface area contributed by atoms with Gasteiger partial charge in [0.05, 0.1) is 13.2 Å². The number of nitrogens with zero attached hydrogens (tertiary/aromatic N) is 1. The maximum absolute atomic E-state index is 13.0. The molecule has 3 aromatic carbocycles.